The van der Waals surface area contributed by atoms with Gasteiger partial charge in [-0.25, -0.2) is 0 Å². The fourth-order valence-corrected chi connectivity index (χ4v) is 8.72. The van der Waals surface area contributed by atoms with Crippen LogP contribution in [0.2, 0.25) is 0 Å². The largest absolute Gasteiger partial charge is 0.192 e. The van der Waals surface area contributed by atoms with Crippen molar-refractivity contribution in [2.24, 2.45) is 0 Å². The van der Waals surface area contributed by atoms with E-state index in [2.05, 4.69) is 160 Å². The highest BCUT2D eigenvalue weighted by Crippen LogP contribution is 2.71. The zero-order valence-corrected chi connectivity index (χ0v) is 27.2. The van der Waals surface area contributed by atoms with E-state index < -0.39 is 0 Å². The minimum Gasteiger partial charge on any atom is -0.192 e. The highest BCUT2D eigenvalue weighted by Gasteiger charge is 2.56. The third-order valence-corrected chi connectivity index (χ3v) is 11.1. The average molecular weight is 604 g/mol. The second-order valence-corrected chi connectivity index (χ2v) is 14.8. The minimum atomic E-state index is 0.109. The highest BCUT2D eigenvalue weighted by atomic mass is 14.6. The van der Waals surface area contributed by atoms with Crippen LogP contribution in [-0.2, 0) is 11.8 Å². The molecule has 3 aliphatic rings. The van der Waals surface area contributed by atoms with Gasteiger partial charge in [-0.15, -0.1) is 0 Å². The summed E-state index contributed by atoms with van der Waals surface area (Å²) in [5, 5.41) is 10.2. The van der Waals surface area contributed by atoms with Gasteiger partial charge in [0.25, 0.3) is 0 Å². The first-order chi connectivity index (χ1) is 22.9. The molecule has 1 heteroatoms. The predicted molar refractivity (Wildman–Crippen MR) is 193 cm³/mol. The van der Waals surface area contributed by atoms with Crippen molar-refractivity contribution in [3.63, 3.8) is 0 Å². The Morgan fingerprint density at radius 1 is 0.532 bits per heavy atom. The zero-order valence-electron chi connectivity index (χ0n) is 27.2. The summed E-state index contributed by atoms with van der Waals surface area (Å²) in [6, 6.07) is 52.0. The van der Waals surface area contributed by atoms with E-state index in [0.717, 1.165) is 17.5 Å². The van der Waals surface area contributed by atoms with Gasteiger partial charge in [-0.2, -0.15) is 5.26 Å². The van der Waals surface area contributed by atoms with E-state index in [1.54, 1.807) is 0 Å². The monoisotopic (exact) mass is 603 g/mol. The van der Waals surface area contributed by atoms with Crippen LogP contribution in [0.25, 0.3) is 33.4 Å². The lowest BCUT2D eigenvalue weighted by Crippen LogP contribution is -2.13. The predicted octanol–water partition coefficient (Wildman–Crippen LogP) is 11.5. The van der Waals surface area contributed by atoms with E-state index in [4.69, 9.17) is 0 Å². The third kappa shape index (κ3) is 4.50. The van der Waals surface area contributed by atoms with Gasteiger partial charge in [-0.3, -0.25) is 0 Å². The first-order valence-electron chi connectivity index (χ1n) is 17.0. The van der Waals surface area contributed by atoms with Gasteiger partial charge < -0.3 is 0 Å². The van der Waals surface area contributed by atoms with Gasteiger partial charge in [-0.1, -0.05) is 142 Å². The lowest BCUT2D eigenvalue weighted by atomic mass is 9.75. The van der Waals surface area contributed by atoms with Gasteiger partial charge in [0.05, 0.1) is 11.6 Å². The lowest BCUT2D eigenvalue weighted by Gasteiger charge is -2.28. The Bertz CT molecular complexity index is 2260. The summed E-state index contributed by atoms with van der Waals surface area (Å²) in [7, 11) is 0. The molecule has 3 aliphatic carbocycles. The van der Waals surface area contributed by atoms with Crippen LogP contribution < -0.4 is 0 Å². The Balaban J connectivity index is 1.11. The van der Waals surface area contributed by atoms with E-state index in [-0.39, 0.29) is 11.3 Å². The topological polar surface area (TPSA) is 23.8 Å². The smallest absolute Gasteiger partial charge is 0.0991 e. The van der Waals surface area contributed by atoms with E-state index in [0.29, 0.717) is 17.8 Å². The summed E-state index contributed by atoms with van der Waals surface area (Å²) in [4.78, 5) is 0. The number of nitrogens with zero attached hydrogens (tertiary/aromatic N) is 1. The van der Waals surface area contributed by atoms with Crippen LogP contribution in [0.5, 0.6) is 0 Å². The number of benzene rings is 6. The molecule has 47 heavy (non-hydrogen) atoms. The van der Waals surface area contributed by atoms with E-state index in [1.807, 2.05) is 0 Å². The molecule has 0 saturated heterocycles. The Hall–Kier alpha value is -5.19. The van der Waals surface area contributed by atoms with Crippen LogP contribution in [0, 0.1) is 11.3 Å². The summed E-state index contributed by atoms with van der Waals surface area (Å²) >= 11 is 0. The SMILES string of the molecule is CC(C)(C)c1ccc2c(c1)-c1ccccc1C1C(c3cccc(-c4cc(C#N)cc(C5Cc6ccccc6-c6ccccc65)c4)c3)C21. The Labute approximate surface area is 278 Å². The average Bonchev–Trinajstić information content (AvgIpc) is 3.87. The van der Waals surface area contributed by atoms with Crippen molar-refractivity contribution >= 4 is 0 Å². The van der Waals surface area contributed by atoms with Crippen molar-refractivity contribution in [2.45, 2.75) is 56.3 Å². The third-order valence-electron chi connectivity index (χ3n) is 11.1. The van der Waals surface area contributed by atoms with Gasteiger partial charge in [0.1, 0.15) is 0 Å². The van der Waals surface area contributed by atoms with Gasteiger partial charge in [-0.05, 0) is 114 Å². The number of nitriles is 1. The first-order valence-corrected chi connectivity index (χ1v) is 17.0. The van der Waals surface area contributed by atoms with Gasteiger partial charge in [0.2, 0.25) is 0 Å². The van der Waals surface area contributed by atoms with Crippen molar-refractivity contribution in [3.05, 3.63) is 178 Å². The van der Waals surface area contributed by atoms with Crippen molar-refractivity contribution in [1.29, 1.82) is 5.26 Å². The number of rotatable bonds is 3. The molecule has 4 atom stereocenters. The van der Waals surface area contributed by atoms with Crippen LogP contribution in [0.15, 0.2) is 133 Å². The Morgan fingerprint density at radius 3 is 1.96 bits per heavy atom. The van der Waals surface area contributed by atoms with Crippen LogP contribution in [0.3, 0.4) is 0 Å². The van der Waals surface area contributed by atoms with Crippen molar-refractivity contribution in [3.8, 4) is 39.4 Å². The van der Waals surface area contributed by atoms with Gasteiger partial charge in [0.15, 0.2) is 0 Å². The van der Waals surface area contributed by atoms with Crippen molar-refractivity contribution in [1.82, 2.24) is 0 Å². The van der Waals surface area contributed by atoms with Gasteiger partial charge >= 0.3 is 0 Å². The van der Waals surface area contributed by atoms with Crippen LogP contribution >= 0.6 is 0 Å². The Kier molecular flexibility index (Phi) is 6.22. The number of hydrogen-bond donors (Lipinski definition) is 0. The van der Waals surface area contributed by atoms with Crippen LogP contribution in [0.4, 0.5) is 0 Å². The molecule has 0 spiro atoms. The molecule has 0 radical (unpaired) electrons. The van der Waals surface area contributed by atoms with Crippen LogP contribution in [-0.4, -0.2) is 0 Å². The fourth-order valence-electron chi connectivity index (χ4n) is 8.72. The molecule has 0 bridgehead atoms. The quantitative estimate of drug-likeness (QED) is 0.197. The number of hydrogen-bond acceptors (Lipinski definition) is 1. The van der Waals surface area contributed by atoms with E-state index in [9.17, 15) is 5.26 Å². The van der Waals surface area contributed by atoms with E-state index in [1.165, 1.54) is 66.8 Å². The fraction of sp³-hybridized carbons (Fsp3) is 0.196. The maximum Gasteiger partial charge on any atom is 0.0991 e. The molecule has 6 aromatic carbocycles. The second kappa shape index (κ2) is 10.4. The number of fused-ring (bicyclic) bond motifs is 9. The lowest BCUT2D eigenvalue weighted by molar-refractivity contribution is 0.590. The molecule has 9 rings (SSSR count). The molecule has 1 fully saturated rings. The van der Waals surface area contributed by atoms with Gasteiger partial charge in [0, 0.05) is 5.92 Å². The molecule has 4 unspecified atom stereocenters. The second-order valence-electron chi connectivity index (χ2n) is 14.8. The molecule has 6 aromatic rings. The van der Waals surface area contributed by atoms with Crippen molar-refractivity contribution < 1.29 is 0 Å². The molecule has 0 heterocycles. The highest BCUT2D eigenvalue weighted by molar-refractivity contribution is 5.80. The summed E-state index contributed by atoms with van der Waals surface area (Å²) < 4.78 is 0. The standard InChI is InChI=1S/C46H37N/c1-46(2,3)34-19-20-40-42(26-34)38-17-8-9-18-39(38)44-43(45(40)44)31-13-10-12-29(23-31)32-21-28(27-47)22-33(24-32)41-25-30-11-4-5-14-35(30)36-15-6-7-16-37(36)41/h4-24,26,41,43-45H,25H2,1-3H3. The van der Waals surface area contributed by atoms with E-state index >= 15 is 0 Å². The molecule has 0 amide bonds. The van der Waals surface area contributed by atoms with Crippen molar-refractivity contribution in [2.75, 3.05) is 0 Å². The molecule has 226 valence electrons. The normalized spacial score (nSPS) is 20.1. The first kappa shape index (κ1) is 28.1. The molecule has 0 aliphatic heterocycles. The zero-order chi connectivity index (χ0) is 31.9. The summed E-state index contributed by atoms with van der Waals surface area (Å²) in [5.41, 5.74) is 18.2. The molecule has 0 N–H and O–H groups in total. The Morgan fingerprint density at radius 2 is 1.19 bits per heavy atom. The maximum absolute atomic E-state index is 10.2. The molecule has 1 saturated carbocycles. The molecular weight excluding hydrogens is 567 g/mol. The van der Waals surface area contributed by atoms with Crippen LogP contribution in [0.1, 0.15) is 89.0 Å². The summed E-state index contributed by atoms with van der Waals surface area (Å²) in [5.74, 6) is 1.63. The maximum atomic E-state index is 10.2. The molecule has 1 nitrogen and oxygen atoms in total. The molecular formula is C46H37N. The molecule has 0 aromatic heterocycles. The summed E-state index contributed by atoms with van der Waals surface area (Å²) in [6.07, 6.45) is 0.933. The summed E-state index contributed by atoms with van der Waals surface area (Å²) in [6.45, 7) is 6.91. The minimum absolute atomic E-state index is 0.109.